The Morgan fingerprint density at radius 1 is 1.21 bits per heavy atom. The van der Waals surface area contributed by atoms with Crippen LogP contribution in [0.15, 0.2) is 11.1 Å². The Kier molecular flexibility index (Phi) is 3.98. The van der Waals surface area contributed by atoms with Crippen LogP contribution in [-0.4, -0.2) is 74.6 Å². The molecule has 1 unspecified atom stereocenters. The molecule has 3 heterocycles. The molecule has 0 bridgehead atoms. The fourth-order valence-electron chi connectivity index (χ4n) is 3.14. The summed E-state index contributed by atoms with van der Waals surface area (Å²) in [7, 11) is 3.16. The Hall–Kier alpha value is -2.51. The topological polar surface area (TPSA) is 73.8 Å². The Bertz CT molecular complexity index is 776. The molecule has 2 aliphatic heterocycles. The van der Waals surface area contributed by atoms with E-state index >= 15 is 0 Å². The van der Waals surface area contributed by atoms with Gasteiger partial charge in [0.2, 0.25) is 11.9 Å². The van der Waals surface area contributed by atoms with Crippen molar-refractivity contribution in [3.63, 3.8) is 0 Å². The maximum atomic E-state index is 12.7. The molecule has 128 valence electrons. The number of aryl methyl sites for hydroxylation is 2. The minimum atomic E-state index is -0.567. The molecule has 8 nitrogen and oxygen atoms in total. The van der Waals surface area contributed by atoms with E-state index < -0.39 is 6.04 Å². The number of urea groups is 1. The van der Waals surface area contributed by atoms with Gasteiger partial charge in [0.05, 0.1) is 12.2 Å². The summed E-state index contributed by atoms with van der Waals surface area (Å²) >= 11 is 0. The highest BCUT2D eigenvalue weighted by molar-refractivity contribution is 6.22. The lowest BCUT2D eigenvalue weighted by Gasteiger charge is -2.31. The first-order valence-electron chi connectivity index (χ1n) is 8.17. The molecule has 3 amide bonds. The van der Waals surface area contributed by atoms with Gasteiger partial charge in [0.1, 0.15) is 5.69 Å². The van der Waals surface area contributed by atoms with Gasteiger partial charge in [0.25, 0.3) is 5.91 Å². The Labute approximate surface area is 141 Å². The van der Waals surface area contributed by atoms with E-state index in [-0.39, 0.29) is 11.9 Å². The lowest BCUT2D eigenvalue weighted by Crippen LogP contribution is -2.61. The van der Waals surface area contributed by atoms with Crippen LogP contribution in [0.3, 0.4) is 0 Å². The minimum absolute atomic E-state index is 0.246. The van der Waals surface area contributed by atoms with Crippen molar-refractivity contribution in [2.45, 2.75) is 39.7 Å². The number of nitrogens with zero attached hydrogens (tertiary/aromatic N) is 6. The molecule has 1 atom stereocenters. The van der Waals surface area contributed by atoms with Crippen LogP contribution in [0.2, 0.25) is 0 Å². The van der Waals surface area contributed by atoms with Crippen molar-refractivity contribution in [2.75, 3.05) is 20.6 Å². The standard InChI is InChI=1S/C16H23N6O2/c1-6-7-8-21-12-13(19(4)16(24)20(5)14(12)23)17-15(21)22-11(3)9-10(2)18-22/h9,12H,6-8H2,1-5H3/q+1. The van der Waals surface area contributed by atoms with Crippen LogP contribution in [0.4, 0.5) is 4.79 Å². The van der Waals surface area contributed by atoms with Crippen molar-refractivity contribution in [2.24, 2.45) is 4.99 Å². The van der Waals surface area contributed by atoms with Crippen LogP contribution >= 0.6 is 0 Å². The molecule has 3 rings (SSSR count). The van der Waals surface area contributed by atoms with Gasteiger partial charge >= 0.3 is 12.0 Å². The van der Waals surface area contributed by atoms with Crippen molar-refractivity contribution in [3.8, 4) is 0 Å². The van der Waals surface area contributed by atoms with Crippen molar-refractivity contribution >= 4 is 23.7 Å². The number of unbranched alkanes of at least 4 members (excludes halogenated alkanes) is 1. The van der Waals surface area contributed by atoms with E-state index in [2.05, 4.69) is 17.0 Å². The number of likely N-dealkylation sites (N-methyl/N-ethyl adjacent to an activating group) is 2. The van der Waals surface area contributed by atoms with Crippen LogP contribution in [0, 0.1) is 13.8 Å². The van der Waals surface area contributed by atoms with Crippen LogP contribution in [0.25, 0.3) is 0 Å². The van der Waals surface area contributed by atoms with Gasteiger partial charge in [-0.05, 0) is 26.3 Å². The van der Waals surface area contributed by atoms with Gasteiger partial charge < -0.3 is 0 Å². The second kappa shape index (κ2) is 5.85. The van der Waals surface area contributed by atoms with E-state index in [1.165, 1.54) is 11.9 Å². The summed E-state index contributed by atoms with van der Waals surface area (Å²) in [6, 6.07) is 1.04. The average molecular weight is 331 g/mol. The maximum Gasteiger partial charge on any atom is 0.421 e. The summed E-state index contributed by atoms with van der Waals surface area (Å²) in [6.45, 7) is 6.66. The van der Waals surface area contributed by atoms with E-state index in [4.69, 9.17) is 0 Å². The minimum Gasteiger partial charge on any atom is -0.270 e. The first-order chi connectivity index (χ1) is 11.4. The molecule has 1 saturated heterocycles. The predicted molar refractivity (Wildman–Crippen MR) is 89.3 cm³/mol. The number of amides is 3. The predicted octanol–water partition coefficient (Wildman–Crippen LogP) is 0.821. The third kappa shape index (κ3) is 2.33. The highest BCUT2D eigenvalue weighted by atomic mass is 16.2. The van der Waals surface area contributed by atoms with Crippen LogP contribution in [-0.2, 0) is 4.79 Å². The molecule has 24 heavy (non-hydrogen) atoms. The number of aromatic nitrogens is 2. The van der Waals surface area contributed by atoms with Gasteiger partial charge in [-0.25, -0.2) is 9.37 Å². The molecular formula is C16H23N6O2+. The van der Waals surface area contributed by atoms with E-state index in [1.54, 1.807) is 11.7 Å². The Balaban J connectivity index is 2.14. The summed E-state index contributed by atoms with van der Waals surface area (Å²) in [5, 5.41) is 4.50. The van der Waals surface area contributed by atoms with Gasteiger partial charge in [-0.3, -0.25) is 14.6 Å². The molecule has 8 heteroatoms. The fourth-order valence-corrected chi connectivity index (χ4v) is 3.14. The Morgan fingerprint density at radius 2 is 1.92 bits per heavy atom. The number of amidine groups is 1. The van der Waals surface area contributed by atoms with Crippen molar-refractivity contribution in [1.29, 1.82) is 0 Å². The highest BCUT2D eigenvalue weighted by Gasteiger charge is 2.51. The zero-order valence-corrected chi connectivity index (χ0v) is 14.8. The monoisotopic (exact) mass is 331 g/mol. The Morgan fingerprint density at radius 3 is 2.50 bits per heavy atom. The van der Waals surface area contributed by atoms with E-state index in [0.717, 1.165) is 29.1 Å². The zero-order chi connectivity index (χ0) is 17.6. The zero-order valence-electron chi connectivity index (χ0n) is 14.8. The normalized spacial score (nSPS) is 20.9. The molecule has 0 aliphatic carbocycles. The third-order valence-corrected chi connectivity index (χ3v) is 4.46. The number of hydrogen-bond acceptors (Lipinski definition) is 4. The summed E-state index contributed by atoms with van der Waals surface area (Å²) in [5.41, 5.74) is 1.83. The van der Waals surface area contributed by atoms with Gasteiger partial charge in [-0.15, -0.1) is 9.78 Å². The lowest BCUT2D eigenvalue weighted by atomic mass is 10.1. The maximum absolute atomic E-state index is 12.7. The fraction of sp³-hybridized carbons (Fsp3) is 0.562. The SMILES string of the molecule is CCCC[N+]1=C(n2nc(C)cc2C)N=C2C1C(=O)N(C)C(=O)N2C. The smallest absolute Gasteiger partial charge is 0.270 e. The molecule has 1 aromatic rings. The highest BCUT2D eigenvalue weighted by Crippen LogP contribution is 2.20. The van der Waals surface area contributed by atoms with Crippen LogP contribution in [0.1, 0.15) is 31.2 Å². The van der Waals surface area contributed by atoms with Crippen molar-refractivity contribution in [1.82, 2.24) is 19.6 Å². The largest absolute Gasteiger partial charge is 0.421 e. The number of fused-ring (bicyclic) bond motifs is 1. The second-order valence-electron chi connectivity index (χ2n) is 6.30. The first kappa shape index (κ1) is 16.4. The van der Waals surface area contributed by atoms with Gasteiger partial charge in [-0.2, -0.15) is 0 Å². The number of imide groups is 1. The molecule has 2 aliphatic rings. The second-order valence-corrected chi connectivity index (χ2v) is 6.30. The summed E-state index contributed by atoms with van der Waals surface area (Å²) in [5.74, 6) is 0.837. The first-order valence-corrected chi connectivity index (χ1v) is 8.17. The molecule has 1 fully saturated rings. The third-order valence-electron chi connectivity index (χ3n) is 4.46. The summed E-state index contributed by atoms with van der Waals surface area (Å²) in [6.07, 6.45) is 1.93. The van der Waals surface area contributed by atoms with Gasteiger partial charge in [-0.1, -0.05) is 18.3 Å². The van der Waals surface area contributed by atoms with Gasteiger partial charge in [0, 0.05) is 14.1 Å². The number of carbonyl (C=O) groups excluding carboxylic acids is 2. The summed E-state index contributed by atoms with van der Waals surface area (Å²) < 4.78 is 3.71. The number of carbonyl (C=O) groups is 2. The van der Waals surface area contributed by atoms with E-state index in [0.29, 0.717) is 18.3 Å². The van der Waals surface area contributed by atoms with E-state index in [1.807, 2.05) is 24.5 Å². The van der Waals surface area contributed by atoms with Crippen molar-refractivity contribution < 1.29 is 14.2 Å². The number of rotatable bonds is 3. The lowest BCUT2D eigenvalue weighted by molar-refractivity contribution is -0.537. The average Bonchev–Trinajstić information content (AvgIpc) is 3.08. The molecule has 0 N–H and O–H groups in total. The molecule has 0 radical (unpaired) electrons. The van der Waals surface area contributed by atoms with Crippen LogP contribution < -0.4 is 0 Å². The van der Waals surface area contributed by atoms with Gasteiger partial charge in [0.15, 0.2) is 0 Å². The van der Waals surface area contributed by atoms with E-state index in [9.17, 15) is 9.59 Å². The summed E-state index contributed by atoms with van der Waals surface area (Å²) in [4.78, 5) is 32.2. The number of aliphatic imine (C=N–C) groups is 1. The molecule has 0 aromatic carbocycles. The quantitative estimate of drug-likeness (QED) is 0.770. The number of hydrogen-bond donors (Lipinski definition) is 0. The van der Waals surface area contributed by atoms with Crippen LogP contribution in [0.5, 0.6) is 0 Å². The molecule has 0 saturated carbocycles. The molecule has 0 spiro atoms. The molecule has 1 aromatic heterocycles. The molecular weight excluding hydrogens is 308 g/mol. The van der Waals surface area contributed by atoms with Crippen molar-refractivity contribution in [3.05, 3.63) is 17.5 Å².